The van der Waals surface area contributed by atoms with Crippen LogP contribution in [0.15, 0.2) is 303 Å². The Balaban J connectivity index is 0.973. The van der Waals surface area contributed by atoms with E-state index >= 15 is 0 Å². The van der Waals surface area contributed by atoms with Gasteiger partial charge in [0.15, 0.2) is 17.5 Å². The summed E-state index contributed by atoms with van der Waals surface area (Å²) in [4.78, 5) is 23.1. The molecule has 5 nitrogen and oxygen atoms in total. The Labute approximate surface area is 651 Å². The Kier molecular flexibility index (Phi) is 15.3. The molecule has 0 spiro atoms. The largest absolute Gasteiger partial charge is 0.311 e. The second-order valence-corrected chi connectivity index (χ2v) is 35.3. The van der Waals surface area contributed by atoms with Crippen molar-refractivity contribution in [2.75, 3.05) is 9.80 Å². The number of hydrogen-bond acceptors (Lipinski definition) is 5. The maximum absolute atomic E-state index is 5.99. The van der Waals surface area contributed by atoms with Crippen LogP contribution < -0.4 is 26.2 Å². The monoisotopic (exact) mass is 1430 g/mol. The Hall–Kier alpha value is -12.5. The molecule has 0 saturated heterocycles. The third-order valence-corrected chi connectivity index (χ3v) is 23.8. The van der Waals surface area contributed by atoms with Crippen molar-refractivity contribution in [1.82, 2.24) is 15.0 Å². The molecular weight excluding hydrogens is 1340 g/mol. The van der Waals surface area contributed by atoms with E-state index in [2.05, 4.69) is 396 Å². The molecule has 3 heterocycles. The fraction of sp³-hybridized carbons (Fsp3) is 0.152. The lowest BCUT2D eigenvalue weighted by molar-refractivity contribution is 0.568. The van der Waals surface area contributed by atoms with Gasteiger partial charge in [-0.3, -0.25) is 0 Å². The summed E-state index contributed by atoms with van der Waals surface area (Å²) < 4.78 is 0. The summed E-state index contributed by atoms with van der Waals surface area (Å²) in [5, 5.41) is 15.1. The summed E-state index contributed by atoms with van der Waals surface area (Å²) in [7, 11) is 0. The SMILES string of the molecule is CC(C)(C)c1cc(N2c3cc(-c4nc(-c5cc(-c6ccccc6)cc(-c6ccccc6)c5)nc(-c5cc(-c6ccccc6)cc(-c6ccccc6)c5)n4)cc4c3B(c3c2cc2ccc5cccc6ccc3c2c56)c2c(cc3ccc5cccc6ccc2c3c56)N4c2cc(C(C)(C)C)cc(C(C)(C)C)c2)cc(C(C)(C)C)c1. The summed E-state index contributed by atoms with van der Waals surface area (Å²) in [6.07, 6.45) is 0. The first-order chi connectivity index (χ1) is 53.5. The van der Waals surface area contributed by atoms with Crippen molar-refractivity contribution in [3.63, 3.8) is 0 Å². The van der Waals surface area contributed by atoms with Crippen molar-refractivity contribution >= 4 is 122 Å². The molecule has 20 rings (SSSR count). The summed E-state index contributed by atoms with van der Waals surface area (Å²) in [5.41, 5.74) is 26.0. The number of hydrogen-bond donors (Lipinski definition) is 0. The van der Waals surface area contributed by atoms with Crippen LogP contribution in [-0.2, 0) is 21.7 Å². The fourth-order valence-corrected chi connectivity index (χ4v) is 18.0. The molecule has 0 atom stereocenters. The van der Waals surface area contributed by atoms with E-state index in [1.807, 2.05) is 0 Å². The van der Waals surface area contributed by atoms with Gasteiger partial charge in [0, 0.05) is 50.8 Å². The highest BCUT2D eigenvalue weighted by Gasteiger charge is 2.47. The second-order valence-electron chi connectivity index (χ2n) is 35.3. The molecule has 0 fully saturated rings. The molecule has 0 radical (unpaired) electrons. The van der Waals surface area contributed by atoms with E-state index in [9.17, 15) is 0 Å². The summed E-state index contributed by atoms with van der Waals surface area (Å²) in [5.74, 6) is 1.69. The molecule has 17 aromatic carbocycles. The molecule has 0 amide bonds. The summed E-state index contributed by atoms with van der Waals surface area (Å²) >= 11 is 0. The van der Waals surface area contributed by atoms with Gasteiger partial charge in [-0.2, -0.15) is 0 Å². The first kappa shape index (κ1) is 67.8. The van der Waals surface area contributed by atoms with Crippen molar-refractivity contribution in [2.24, 2.45) is 0 Å². The molecule has 0 aliphatic carbocycles. The van der Waals surface area contributed by atoms with Crippen LogP contribution in [-0.4, -0.2) is 21.7 Å². The van der Waals surface area contributed by atoms with Crippen molar-refractivity contribution in [3.8, 4) is 78.7 Å². The Bertz CT molecular complexity index is 6180. The van der Waals surface area contributed by atoms with Crippen LogP contribution in [0.25, 0.3) is 143 Å². The van der Waals surface area contributed by atoms with Gasteiger partial charge in [0.05, 0.1) is 0 Å². The predicted octanol–water partition coefficient (Wildman–Crippen LogP) is 26.6. The van der Waals surface area contributed by atoms with E-state index in [1.54, 1.807) is 0 Å². The lowest BCUT2D eigenvalue weighted by Crippen LogP contribution is -2.62. The number of rotatable bonds is 9. The molecule has 18 aromatic rings. The Morgan fingerprint density at radius 2 is 0.486 bits per heavy atom. The average Bonchev–Trinajstić information content (AvgIpc) is 0.673. The first-order valence-electron chi connectivity index (χ1n) is 39.3. The lowest BCUT2D eigenvalue weighted by Gasteiger charge is -2.46. The van der Waals surface area contributed by atoms with Crippen LogP contribution >= 0.6 is 0 Å². The van der Waals surface area contributed by atoms with E-state index in [1.165, 1.54) is 103 Å². The molecule has 6 heteroatoms. The molecule has 2 aliphatic heterocycles. The van der Waals surface area contributed by atoms with E-state index in [0.717, 1.165) is 95.3 Å². The molecule has 0 bridgehead atoms. The molecule has 534 valence electrons. The van der Waals surface area contributed by atoms with E-state index in [0.29, 0.717) is 17.5 Å². The third kappa shape index (κ3) is 11.4. The van der Waals surface area contributed by atoms with Crippen molar-refractivity contribution in [1.29, 1.82) is 0 Å². The summed E-state index contributed by atoms with van der Waals surface area (Å²) in [6, 6.07) is 114. The van der Waals surface area contributed by atoms with E-state index in [4.69, 9.17) is 15.0 Å². The zero-order valence-corrected chi connectivity index (χ0v) is 65.2. The minimum atomic E-state index is -0.296. The molecule has 111 heavy (non-hydrogen) atoms. The van der Waals surface area contributed by atoms with Crippen molar-refractivity contribution in [3.05, 3.63) is 326 Å². The first-order valence-corrected chi connectivity index (χ1v) is 39.3. The van der Waals surface area contributed by atoms with Crippen LogP contribution in [0, 0.1) is 0 Å². The third-order valence-electron chi connectivity index (χ3n) is 23.8. The maximum Gasteiger partial charge on any atom is 0.253 e. The minimum absolute atomic E-state index is 0.212. The van der Waals surface area contributed by atoms with Gasteiger partial charge in [-0.1, -0.05) is 301 Å². The fourth-order valence-electron chi connectivity index (χ4n) is 18.0. The number of aromatic nitrogens is 3. The number of nitrogens with zero attached hydrogens (tertiary/aromatic N) is 5. The second kappa shape index (κ2) is 25.0. The zero-order chi connectivity index (χ0) is 75.7. The van der Waals surface area contributed by atoms with Crippen LogP contribution in [0.4, 0.5) is 34.1 Å². The van der Waals surface area contributed by atoms with Gasteiger partial charge in [-0.15, -0.1) is 0 Å². The zero-order valence-electron chi connectivity index (χ0n) is 65.2. The Morgan fingerprint density at radius 3 is 0.793 bits per heavy atom. The minimum Gasteiger partial charge on any atom is -0.311 e. The van der Waals surface area contributed by atoms with Crippen LogP contribution in [0.3, 0.4) is 0 Å². The molecule has 0 saturated carbocycles. The number of fused-ring (bicyclic) bond motifs is 6. The summed E-state index contributed by atoms with van der Waals surface area (Å²) in [6.45, 7) is 28.1. The highest BCUT2D eigenvalue weighted by Crippen LogP contribution is 2.53. The van der Waals surface area contributed by atoms with Crippen molar-refractivity contribution in [2.45, 2.75) is 105 Å². The van der Waals surface area contributed by atoms with Crippen LogP contribution in [0.1, 0.15) is 105 Å². The number of anilines is 6. The smallest absolute Gasteiger partial charge is 0.253 e. The maximum atomic E-state index is 5.99. The lowest BCUT2D eigenvalue weighted by atomic mass is 9.32. The molecule has 1 aromatic heterocycles. The van der Waals surface area contributed by atoms with Gasteiger partial charge in [-0.05, 0) is 254 Å². The normalized spacial score (nSPS) is 13.2. The Morgan fingerprint density at radius 1 is 0.216 bits per heavy atom. The highest BCUT2D eigenvalue weighted by molar-refractivity contribution is 7.03. The molecular formula is C105H86BN5. The highest BCUT2D eigenvalue weighted by atomic mass is 15.2. The van der Waals surface area contributed by atoms with E-state index < -0.39 is 0 Å². The molecule has 0 unspecified atom stereocenters. The standard InChI is InChI=1S/C105H86BN5/c1-102(2,3)80-57-81(103(4,5)6)60-84(59-80)110-88-53-71-41-39-67-35-25-37-69-43-45-86(94(71)92(67)69)96(88)106-97-87-46-44-70-38-26-36-68-40-42-72(95(87)93(68)70)54-89(97)111(85-61-82(104(7,8)9)58-83(62-85)105(10,11)12)91-56-79(55-90(110)98(91)106)101-108-99(77-49-73(63-27-17-13-18-28-63)47-74(50-77)64-29-19-14-20-30-64)107-100(109-101)78-51-75(65-31-21-15-22-32-65)48-76(52-78)66-33-23-16-24-34-66/h13-62H,1-12H3. The van der Waals surface area contributed by atoms with Gasteiger partial charge in [-0.25, -0.2) is 15.0 Å². The van der Waals surface area contributed by atoms with E-state index in [-0.39, 0.29) is 28.4 Å². The molecule has 2 aliphatic rings. The van der Waals surface area contributed by atoms with Gasteiger partial charge < -0.3 is 9.80 Å². The van der Waals surface area contributed by atoms with Crippen LogP contribution in [0.2, 0.25) is 0 Å². The van der Waals surface area contributed by atoms with Gasteiger partial charge in [0.1, 0.15) is 0 Å². The van der Waals surface area contributed by atoms with Crippen LogP contribution in [0.5, 0.6) is 0 Å². The predicted molar refractivity (Wildman–Crippen MR) is 474 cm³/mol. The average molecular weight is 1430 g/mol. The van der Waals surface area contributed by atoms with Gasteiger partial charge >= 0.3 is 0 Å². The quantitative estimate of drug-likeness (QED) is 0.106. The topological polar surface area (TPSA) is 45.2 Å². The van der Waals surface area contributed by atoms with Gasteiger partial charge in [0.25, 0.3) is 6.71 Å². The van der Waals surface area contributed by atoms with Gasteiger partial charge in [0.2, 0.25) is 0 Å². The number of benzene rings is 17. The molecule has 0 N–H and O–H groups in total. The van der Waals surface area contributed by atoms with Crippen molar-refractivity contribution < 1.29 is 0 Å².